The first-order chi connectivity index (χ1) is 14.3. The first-order valence-corrected chi connectivity index (χ1v) is 10.4. The topological polar surface area (TPSA) is 126 Å². The van der Waals surface area contributed by atoms with Crippen molar-refractivity contribution in [2.45, 2.75) is 37.8 Å². The Labute approximate surface area is 181 Å². The molecule has 30 heavy (non-hydrogen) atoms. The highest BCUT2D eigenvalue weighted by molar-refractivity contribution is 6.33. The number of ether oxygens (including phenoxy) is 2. The lowest BCUT2D eigenvalue weighted by molar-refractivity contribution is 0.00597. The molecule has 0 aromatic heterocycles. The van der Waals surface area contributed by atoms with Gasteiger partial charge < -0.3 is 35.8 Å². The molecule has 0 radical (unpaired) electrons. The molecule has 1 saturated heterocycles. The number of carbonyl (C=O) groups excluding carboxylic acids is 1. The van der Waals surface area contributed by atoms with Gasteiger partial charge in [-0.15, -0.1) is 0 Å². The zero-order valence-electron chi connectivity index (χ0n) is 17.4. The van der Waals surface area contributed by atoms with Crippen LogP contribution in [0.5, 0.6) is 5.75 Å². The van der Waals surface area contributed by atoms with Crippen LogP contribution in [0.1, 0.15) is 36.0 Å². The SMILES string of the molecule is COc1cc(N)c(Cl)cc1C(=O)NC1CCN(CCCCCNC(=O)O)CC1OC. The van der Waals surface area contributed by atoms with Gasteiger partial charge in [-0.1, -0.05) is 18.0 Å². The van der Waals surface area contributed by atoms with Crippen molar-refractivity contribution in [3.8, 4) is 5.75 Å². The fourth-order valence-corrected chi connectivity index (χ4v) is 3.75. The lowest BCUT2D eigenvalue weighted by Crippen LogP contribution is -2.54. The summed E-state index contributed by atoms with van der Waals surface area (Å²) in [4.78, 5) is 25.6. The van der Waals surface area contributed by atoms with Crippen LogP contribution >= 0.6 is 11.6 Å². The summed E-state index contributed by atoms with van der Waals surface area (Å²) in [7, 11) is 3.12. The average Bonchev–Trinajstić information content (AvgIpc) is 2.72. The molecule has 0 saturated carbocycles. The quantitative estimate of drug-likeness (QED) is 0.323. The van der Waals surface area contributed by atoms with E-state index in [-0.39, 0.29) is 18.1 Å². The van der Waals surface area contributed by atoms with E-state index in [1.807, 2.05) is 0 Å². The second-order valence-electron chi connectivity index (χ2n) is 7.31. The lowest BCUT2D eigenvalue weighted by Gasteiger charge is -2.38. The van der Waals surface area contributed by atoms with Crippen LogP contribution < -0.4 is 21.1 Å². The summed E-state index contributed by atoms with van der Waals surface area (Å²) < 4.78 is 10.9. The van der Waals surface area contributed by atoms with E-state index in [1.54, 1.807) is 13.2 Å². The van der Waals surface area contributed by atoms with Gasteiger partial charge in [-0.2, -0.15) is 0 Å². The minimum Gasteiger partial charge on any atom is -0.496 e. The number of carbonyl (C=O) groups is 2. The summed E-state index contributed by atoms with van der Waals surface area (Å²) in [5.41, 5.74) is 6.48. The number of piperidine rings is 1. The number of halogens is 1. The van der Waals surface area contributed by atoms with Crippen LogP contribution in [-0.4, -0.2) is 74.6 Å². The Balaban J connectivity index is 1.85. The largest absolute Gasteiger partial charge is 0.496 e. The van der Waals surface area contributed by atoms with E-state index in [1.165, 1.54) is 13.2 Å². The highest BCUT2D eigenvalue weighted by atomic mass is 35.5. The molecule has 1 aromatic rings. The number of rotatable bonds is 10. The van der Waals surface area contributed by atoms with E-state index in [0.29, 0.717) is 35.1 Å². The van der Waals surface area contributed by atoms with Gasteiger partial charge in [0.1, 0.15) is 5.75 Å². The molecule has 168 valence electrons. The van der Waals surface area contributed by atoms with Crippen molar-refractivity contribution in [2.75, 3.05) is 46.1 Å². The van der Waals surface area contributed by atoms with Crippen LogP contribution in [0, 0.1) is 0 Å². The van der Waals surface area contributed by atoms with E-state index in [2.05, 4.69) is 15.5 Å². The van der Waals surface area contributed by atoms with Gasteiger partial charge in [0.05, 0.1) is 35.5 Å². The smallest absolute Gasteiger partial charge is 0.404 e. The van der Waals surface area contributed by atoms with Gasteiger partial charge >= 0.3 is 6.09 Å². The van der Waals surface area contributed by atoms with Crippen molar-refractivity contribution in [1.29, 1.82) is 0 Å². The number of nitrogens with two attached hydrogens (primary N) is 1. The van der Waals surface area contributed by atoms with Crippen molar-refractivity contribution in [2.24, 2.45) is 0 Å². The zero-order valence-corrected chi connectivity index (χ0v) is 18.2. The van der Waals surface area contributed by atoms with Crippen LogP contribution in [-0.2, 0) is 4.74 Å². The maximum atomic E-state index is 12.8. The number of carboxylic acid groups (broad SMARTS) is 1. The predicted octanol–water partition coefficient (Wildman–Crippen LogP) is 2.19. The predicted molar refractivity (Wildman–Crippen MR) is 115 cm³/mol. The van der Waals surface area contributed by atoms with E-state index in [9.17, 15) is 9.59 Å². The molecule has 2 unspecified atom stereocenters. The summed E-state index contributed by atoms with van der Waals surface area (Å²) in [6.45, 7) is 2.95. The molecule has 2 amide bonds. The van der Waals surface area contributed by atoms with Crippen molar-refractivity contribution in [3.63, 3.8) is 0 Å². The standard InChI is InChI=1S/C20H31ClN4O5/c1-29-17-11-15(22)14(21)10-13(17)19(26)24-16-6-9-25(12-18(16)30-2)8-5-3-4-7-23-20(27)28/h10-11,16,18,23H,3-9,12,22H2,1-2H3,(H,24,26)(H,27,28). The highest BCUT2D eigenvalue weighted by Gasteiger charge is 2.31. The number of hydrogen-bond acceptors (Lipinski definition) is 6. The maximum absolute atomic E-state index is 12.8. The van der Waals surface area contributed by atoms with Gasteiger partial charge in [0.15, 0.2) is 0 Å². The normalized spacial score (nSPS) is 19.3. The summed E-state index contributed by atoms with van der Waals surface area (Å²) in [5, 5.41) is 14.3. The van der Waals surface area contributed by atoms with Gasteiger partial charge in [0.2, 0.25) is 0 Å². The summed E-state index contributed by atoms with van der Waals surface area (Å²) >= 11 is 6.08. The molecule has 5 N–H and O–H groups in total. The van der Waals surface area contributed by atoms with Gasteiger partial charge in [-0.3, -0.25) is 4.79 Å². The molecule has 10 heteroatoms. The van der Waals surface area contributed by atoms with Gasteiger partial charge in [0, 0.05) is 32.8 Å². The first-order valence-electron chi connectivity index (χ1n) is 10.0. The molecule has 1 aliphatic rings. The number of hydrogen-bond donors (Lipinski definition) is 4. The Kier molecular flexibility index (Phi) is 9.48. The van der Waals surface area contributed by atoms with E-state index in [4.69, 9.17) is 31.9 Å². The lowest BCUT2D eigenvalue weighted by atomic mass is 10.0. The molecule has 1 aromatic carbocycles. The van der Waals surface area contributed by atoms with Crippen LogP contribution in [0.15, 0.2) is 12.1 Å². The Bertz CT molecular complexity index is 733. The molecule has 0 bridgehead atoms. The van der Waals surface area contributed by atoms with Crippen molar-refractivity contribution < 1.29 is 24.2 Å². The monoisotopic (exact) mass is 442 g/mol. The summed E-state index contributed by atoms with van der Waals surface area (Å²) in [6.07, 6.45) is 2.39. The number of methoxy groups -OCH3 is 2. The molecule has 9 nitrogen and oxygen atoms in total. The minimum atomic E-state index is -0.985. The Hall–Kier alpha value is -2.23. The van der Waals surface area contributed by atoms with Crippen molar-refractivity contribution in [3.05, 3.63) is 22.7 Å². The molecule has 1 fully saturated rings. The number of anilines is 1. The van der Waals surface area contributed by atoms with E-state index >= 15 is 0 Å². The summed E-state index contributed by atoms with van der Waals surface area (Å²) in [5.74, 6) is 0.0957. The van der Waals surface area contributed by atoms with E-state index < -0.39 is 6.09 Å². The Morgan fingerprint density at radius 2 is 2.07 bits per heavy atom. The fraction of sp³-hybridized carbons (Fsp3) is 0.600. The van der Waals surface area contributed by atoms with Crippen LogP contribution in [0.3, 0.4) is 0 Å². The molecule has 0 aliphatic carbocycles. The number of nitrogens with zero attached hydrogens (tertiary/aromatic N) is 1. The molecular formula is C20H31ClN4O5. The fourth-order valence-electron chi connectivity index (χ4n) is 3.58. The van der Waals surface area contributed by atoms with Gasteiger partial charge in [-0.25, -0.2) is 4.79 Å². The molecule has 1 aliphatic heterocycles. The number of amides is 2. The maximum Gasteiger partial charge on any atom is 0.404 e. The third-order valence-corrected chi connectivity index (χ3v) is 5.58. The minimum absolute atomic E-state index is 0.125. The molecule has 0 spiro atoms. The number of nitrogen functional groups attached to an aromatic ring is 1. The molecule has 2 rings (SSSR count). The van der Waals surface area contributed by atoms with Crippen LogP contribution in [0.25, 0.3) is 0 Å². The third kappa shape index (κ3) is 6.93. The Morgan fingerprint density at radius 1 is 1.30 bits per heavy atom. The Morgan fingerprint density at radius 3 is 2.73 bits per heavy atom. The number of likely N-dealkylation sites (tertiary alicyclic amines) is 1. The van der Waals surface area contributed by atoms with Gasteiger partial charge in [0.25, 0.3) is 5.91 Å². The van der Waals surface area contributed by atoms with Crippen LogP contribution in [0.2, 0.25) is 5.02 Å². The number of benzene rings is 1. The molecular weight excluding hydrogens is 412 g/mol. The molecule has 2 atom stereocenters. The number of unbranched alkanes of at least 4 members (excludes halogenated alkanes) is 2. The van der Waals surface area contributed by atoms with E-state index in [0.717, 1.165) is 38.8 Å². The second-order valence-corrected chi connectivity index (χ2v) is 7.72. The molecule has 1 heterocycles. The highest BCUT2D eigenvalue weighted by Crippen LogP contribution is 2.29. The first kappa shape index (κ1) is 24.0. The van der Waals surface area contributed by atoms with Crippen molar-refractivity contribution in [1.82, 2.24) is 15.5 Å². The number of nitrogens with one attached hydrogen (secondary N) is 2. The average molecular weight is 443 g/mol. The third-order valence-electron chi connectivity index (χ3n) is 5.25. The zero-order chi connectivity index (χ0) is 22.1. The summed E-state index contributed by atoms with van der Waals surface area (Å²) in [6, 6.07) is 2.93. The van der Waals surface area contributed by atoms with Crippen LogP contribution in [0.4, 0.5) is 10.5 Å². The van der Waals surface area contributed by atoms with Gasteiger partial charge in [-0.05, 0) is 31.9 Å². The van der Waals surface area contributed by atoms with Crippen molar-refractivity contribution >= 4 is 29.3 Å². The second kappa shape index (κ2) is 11.8.